The first-order valence-electron chi connectivity index (χ1n) is 11.7. The molecule has 1 heterocycles. The number of piperidine rings is 1. The molecule has 1 saturated heterocycles. The summed E-state index contributed by atoms with van der Waals surface area (Å²) in [5.74, 6) is 0.958. The lowest BCUT2D eigenvalue weighted by atomic mass is 9.95. The van der Waals surface area contributed by atoms with E-state index < -0.39 is 0 Å². The zero-order valence-corrected chi connectivity index (χ0v) is 19.8. The van der Waals surface area contributed by atoms with Crippen molar-refractivity contribution in [2.24, 2.45) is 11.8 Å². The standard InChI is InChI=1S/C27H34N2O4/c1-19(2)18-20-8-10-21(11-9-20)24(30)12-13-26(31)29-16-14-22(15-17-29)27(32)28-23-6-4-5-7-25(23)33-3/h4-11,19,22H,12-18H2,1-3H3,(H,28,32). The maximum Gasteiger partial charge on any atom is 0.227 e. The number of hydrogen-bond donors (Lipinski definition) is 1. The van der Waals surface area contributed by atoms with Gasteiger partial charge in [0.1, 0.15) is 5.75 Å². The Labute approximate surface area is 196 Å². The van der Waals surface area contributed by atoms with Gasteiger partial charge in [0.25, 0.3) is 0 Å². The van der Waals surface area contributed by atoms with E-state index in [4.69, 9.17) is 4.74 Å². The molecular formula is C27H34N2O4. The van der Waals surface area contributed by atoms with Gasteiger partial charge in [-0.05, 0) is 42.9 Å². The number of nitrogens with one attached hydrogen (secondary N) is 1. The summed E-state index contributed by atoms with van der Waals surface area (Å²) in [6.45, 7) is 5.39. The molecule has 1 aliphatic heterocycles. The van der Waals surface area contributed by atoms with Crippen LogP contribution in [0, 0.1) is 11.8 Å². The van der Waals surface area contributed by atoms with Gasteiger partial charge in [-0.15, -0.1) is 0 Å². The van der Waals surface area contributed by atoms with Crippen molar-refractivity contribution in [2.75, 3.05) is 25.5 Å². The van der Waals surface area contributed by atoms with E-state index in [9.17, 15) is 14.4 Å². The summed E-state index contributed by atoms with van der Waals surface area (Å²) in [5, 5.41) is 2.94. The third-order valence-electron chi connectivity index (χ3n) is 6.07. The Kier molecular flexibility index (Phi) is 8.64. The van der Waals surface area contributed by atoms with Crippen molar-refractivity contribution in [1.29, 1.82) is 0 Å². The molecule has 0 aromatic heterocycles. The van der Waals surface area contributed by atoms with Gasteiger partial charge in [0.05, 0.1) is 12.8 Å². The highest BCUT2D eigenvalue weighted by Crippen LogP contribution is 2.26. The summed E-state index contributed by atoms with van der Waals surface area (Å²) in [5.41, 5.74) is 2.52. The fraction of sp³-hybridized carbons (Fsp3) is 0.444. The van der Waals surface area contributed by atoms with Crippen LogP contribution in [0.1, 0.15) is 55.5 Å². The molecule has 0 radical (unpaired) electrons. The summed E-state index contributed by atoms with van der Waals surface area (Å²) in [6.07, 6.45) is 2.61. The number of carbonyl (C=O) groups excluding carboxylic acids is 3. The van der Waals surface area contributed by atoms with Crippen molar-refractivity contribution < 1.29 is 19.1 Å². The van der Waals surface area contributed by atoms with Crippen molar-refractivity contribution in [1.82, 2.24) is 4.90 Å². The molecule has 2 aromatic carbocycles. The highest BCUT2D eigenvalue weighted by Gasteiger charge is 2.28. The molecule has 1 fully saturated rings. The van der Waals surface area contributed by atoms with E-state index in [0.717, 1.165) is 6.42 Å². The molecule has 2 amide bonds. The zero-order valence-electron chi connectivity index (χ0n) is 19.8. The number of benzene rings is 2. The van der Waals surface area contributed by atoms with Crippen LogP contribution in [0.3, 0.4) is 0 Å². The fourth-order valence-electron chi connectivity index (χ4n) is 4.19. The van der Waals surface area contributed by atoms with Gasteiger partial charge < -0.3 is 15.0 Å². The number of ether oxygens (including phenoxy) is 1. The van der Waals surface area contributed by atoms with Gasteiger partial charge in [0.2, 0.25) is 11.8 Å². The van der Waals surface area contributed by atoms with Crippen molar-refractivity contribution in [3.8, 4) is 5.75 Å². The summed E-state index contributed by atoms with van der Waals surface area (Å²) in [6, 6.07) is 15.0. The van der Waals surface area contributed by atoms with Gasteiger partial charge in [-0.1, -0.05) is 50.2 Å². The van der Waals surface area contributed by atoms with Crippen LogP contribution < -0.4 is 10.1 Å². The van der Waals surface area contributed by atoms with Crippen LogP contribution in [0.25, 0.3) is 0 Å². The summed E-state index contributed by atoms with van der Waals surface area (Å²) in [7, 11) is 1.57. The van der Waals surface area contributed by atoms with E-state index in [1.807, 2.05) is 42.5 Å². The van der Waals surface area contributed by atoms with E-state index in [0.29, 0.717) is 48.8 Å². The number of Topliss-reactive ketones (excluding diaryl/α,β-unsaturated/α-hetero) is 1. The van der Waals surface area contributed by atoms with Crippen molar-refractivity contribution in [3.05, 3.63) is 59.7 Å². The van der Waals surface area contributed by atoms with Crippen molar-refractivity contribution in [3.63, 3.8) is 0 Å². The summed E-state index contributed by atoms with van der Waals surface area (Å²) < 4.78 is 5.29. The smallest absolute Gasteiger partial charge is 0.227 e. The lowest BCUT2D eigenvalue weighted by molar-refractivity contribution is -0.134. The number of nitrogens with zero attached hydrogens (tertiary/aromatic N) is 1. The SMILES string of the molecule is COc1ccccc1NC(=O)C1CCN(C(=O)CCC(=O)c2ccc(CC(C)C)cc2)CC1. The lowest BCUT2D eigenvalue weighted by Gasteiger charge is -2.31. The minimum atomic E-state index is -0.148. The fourth-order valence-corrected chi connectivity index (χ4v) is 4.19. The average Bonchev–Trinajstić information content (AvgIpc) is 2.82. The van der Waals surface area contributed by atoms with Gasteiger partial charge in [-0.3, -0.25) is 14.4 Å². The van der Waals surface area contributed by atoms with E-state index in [1.165, 1.54) is 5.56 Å². The number of amides is 2. The first-order chi connectivity index (χ1) is 15.9. The Morgan fingerprint density at radius 1 is 1.00 bits per heavy atom. The number of rotatable bonds is 9. The van der Waals surface area contributed by atoms with E-state index in [-0.39, 0.29) is 36.4 Å². The van der Waals surface area contributed by atoms with Crippen LogP contribution in [0.5, 0.6) is 5.75 Å². The van der Waals surface area contributed by atoms with Crippen LogP contribution in [0.2, 0.25) is 0 Å². The molecule has 3 rings (SSSR count). The molecule has 6 nitrogen and oxygen atoms in total. The van der Waals surface area contributed by atoms with Gasteiger partial charge in [0.15, 0.2) is 5.78 Å². The monoisotopic (exact) mass is 450 g/mol. The highest BCUT2D eigenvalue weighted by atomic mass is 16.5. The Bertz CT molecular complexity index is 960. The van der Waals surface area contributed by atoms with Crippen LogP contribution >= 0.6 is 0 Å². The molecule has 0 spiro atoms. The molecular weight excluding hydrogens is 416 g/mol. The Balaban J connectivity index is 1.43. The summed E-state index contributed by atoms with van der Waals surface area (Å²) in [4.78, 5) is 39.5. The maximum absolute atomic E-state index is 12.7. The number of carbonyl (C=O) groups is 3. The third kappa shape index (κ3) is 6.91. The van der Waals surface area contributed by atoms with Gasteiger partial charge in [0, 0.05) is 37.4 Å². The lowest BCUT2D eigenvalue weighted by Crippen LogP contribution is -2.41. The van der Waals surface area contributed by atoms with E-state index in [1.54, 1.807) is 18.1 Å². The van der Waals surface area contributed by atoms with Gasteiger partial charge >= 0.3 is 0 Å². The largest absolute Gasteiger partial charge is 0.495 e. The number of likely N-dealkylation sites (tertiary alicyclic amines) is 1. The highest BCUT2D eigenvalue weighted by molar-refractivity contribution is 5.98. The Morgan fingerprint density at radius 3 is 2.30 bits per heavy atom. The second kappa shape index (κ2) is 11.6. The van der Waals surface area contributed by atoms with E-state index in [2.05, 4.69) is 19.2 Å². The number of para-hydroxylation sites is 2. The molecule has 1 aliphatic rings. The van der Waals surface area contributed by atoms with Crippen LogP contribution in [0.15, 0.2) is 48.5 Å². The minimum Gasteiger partial charge on any atom is -0.495 e. The maximum atomic E-state index is 12.7. The third-order valence-corrected chi connectivity index (χ3v) is 6.07. The molecule has 6 heteroatoms. The molecule has 0 aliphatic carbocycles. The minimum absolute atomic E-state index is 0.00878. The van der Waals surface area contributed by atoms with Crippen molar-refractivity contribution >= 4 is 23.3 Å². The molecule has 0 bridgehead atoms. The second-order valence-electron chi connectivity index (χ2n) is 9.06. The normalized spacial score (nSPS) is 14.2. The Morgan fingerprint density at radius 2 is 1.67 bits per heavy atom. The predicted octanol–water partition coefficient (Wildman–Crippen LogP) is 4.73. The number of hydrogen-bond acceptors (Lipinski definition) is 4. The average molecular weight is 451 g/mol. The zero-order chi connectivity index (χ0) is 23.8. The van der Waals surface area contributed by atoms with Gasteiger partial charge in [-0.2, -0.15) is 0 Å². The molecule has 1 N–H and O–H groups in total. The quantitative estimate of drug-likeness (QED) is 0.560. The van der Waals surface area contributed by atoms with Crippen molar-refractivity contribution in [2.45, 2.75) is 46.0 Å². The molecule has 176 valence electrons. The summed E-state index contributed by atoms with van der Waals surface area (Å²) >= 11 is 0. The van der Waals surface area contributed by atoms with E-state index >= 15 is 0 Å². The number of anilines is 1. The molecule has 0 unspecified atom stereocenters. The number of ketones is 1. The molecule has 0 saturated carbocycles. The van der Waals surface area contributed by atoms with Crippen LogP contribution in [0.4, 0.5) is 5.69 Å². The molecule has 2 aromatic rings. The number of methoxy groups -OCH3 is 1. The molecule has 0 atom stereocenters. The first-order valence-corrected chi connectivity index (χ1v) is 11.7. The molecule has 33 heavy (non-hydrogen) atoms. The van der Waals surface area contributed by atoms with Crippen LogP contribution in [-0.4, -0.2) is 42.7 Å². The second-order valence-corrected chi connectivity index (χ2v) is 9.06. The predicted molar refractivity (Wildman–Crippen MR) is 129 cm³/mol. The first kappa shape index (κ1) is 24.5. The topological polar surface area (TPSA) is 75.7 Å². The Hall–Kier alpha value is -3.15. The van der Waals surface area contributed by atoms with Crippen LogP contribution in [-0.2, 0) is 16.0 Å². The van der Waals surface area contributed by atoms with Gasteiger partial charge in [-0.25, -0.2) is 0 Å².